The molecule has 1 saturated heterocycles. The highest BCUT2D eigenvalue weighted by Crippen LogP contribution is 2.17. The zero-order valence-corrected chi connectivity index (χ0v) is 13.6. The summed E-state index contributed by atoms with van der Waals surface area (Å²) in [5.74, 6) is 0.632. The Bertz CT molecular complexity index is 758. The molecule has 0 bridgehead atoms. The SMILES string of the molecule is O=C(CN1CSCC1=O)Oc1ccc(C(=O)c2ccccc2)cc1. The second-order valence-electron chi connectivity index (χ2n) is 5.26. The minimum Gasteiger partial charge on any atom is -0.425 e. The number of benzene rings is 2. The number of thioether (sulfide) groups is 1. The Morgan fingerprint density at radius 3 is 2.29 bits per heavy atom. The third-order valence-electron chi connectivity index (χ3n) is 3.53. The first-order valence-electron chi connectivity index (χ1n) is 7.39. The van der Waals surface area contributed by atoms with E-state index in [1.807, 2.05) is 6.07 Å². The summed E-state index contributed by atoms with van der Waals surface area (Å²) in [7, 11) is 0. The van der Waals surface area contributed by atoms with Crippen molar-refractivity contribution in [1.29, 1.82) is 0 Å². The van der Waals surface area contributed by atoms with Crippen molar-refractivity contribution >= 4 is 29.4 Å². The number of ether oxygens (including phenoxy) is 1. The van der Waals surface area contributed by atoms with E-state index < -0.39 is 5.97 Å². The molecule has 1 heterocycles. The lowest BCUT2D eigenvalue weighted by Crippen LogP contribution is -2.33. The molecule has 2 aromatic rings. The standard InChI is InChI=1S/C18H15NO4S/c20-16-11-24-12-19(16)10-17(21)23-15-8-6-14(7-9-15)18(22)13-4-2-1-3-5-13/h1-9H,10-12H2. The third-order valence-corrected chi connectivity index (χ3v) is 4.47. The monoisotopic (exact) mass is 341 g/mol. The van der Waals surface area contributed by atoms with E-state index >= 15 is 0 Å². The zero-order chi connectivity index (χ0) is 16.9. The van der Waals surface area contributed by atoms with Gasteiger partial charge in [0.25, 0.3) is 0 Å². The molecule has 0 aliphatic carbocycles. The molecular weight excluding hydrogens is 326 g/mol. The molecule has 1 fully saturated rings. The van der Waals surface area contributed by atoms with Crippen LogP contribution < -0.4 is 4.74 Å². The largest absolute Gasteiger partial charge is 0.425 e. The summed E-state index contributed by atoms with van der Waals surface area (Å²) in [4.78, 5) is 37.1. The summed E-state index contributed by atoms with van der Waals surface area (Å²) in [6, 6.07) is 15.4. The zero-order valence-electron chi connectivity index (χ0n) is 12.8. The fourth-order valence-electron chi connectivity index (χ4n) is 2.29. The smallest absolute Gasteiger partial charge is 0.331 e. The van der Waals surface area contributed by atoms with Crippen LogP contribution in [0.4, 0.5) is 0 Å². The van der Waals surface area contributed by atoms with E-state index in [9.17, 15) is 14.4 Å². The number of hydrogen-bond acceptors (Lipinski definition) is 5. The van der Waals surface area contributed by atoms with Gasteiger partial charge in [-0.15, -0.1) is 11.8 Å². The molecule has 24 heavy (non-hydrogen) atoms. The van der Waals surface area contributed by atoms with Crippen molar-refractivity contribution in [2.75, 3.05) is 18.2 Å². The number of carbonyl (C=O) groups excluding carboxylic acids is 3. The quantitative estimate of drug-likeness (QED) is 0.475. The molecule has 0 N–H and O–H groups in total. The lowest BCUT2D eigenvalue weighted by atomic mass is 10.0. The fraction of sp³-hybridized carbons (Fsp3) is 0.167. The van der Waals surface area contributed by atoms with Crippen LogP contribution in [-0.4, -0.2) is 40.7 Å². The van der Waals surface area contributed by atoms with Gasteiger partial charge in [0.2, 0.25) is 5.91 Å². The Balaban J connectivity index is 1.61. The van der Waals surface area contributed by atoms with Crippen LogP contribution in [0.3, 0.4) is 0 Å². The molecule has 1 amide bonds. The molecular formula is C18H15NO4S. The molecule has 0 spiro atoms. The summed E-state index contributed by atoms with van der Waals surface area (Å²) in [5, 5.41) is 0. The van der Waals surface area contributed by atoms with Gasteiger partial charge in [-0.3, -0.25) is 9.59 Å². The molecule has 2 aromatic carbocycles. The molecule has 6 heteroatoms. The van der Waals surface area contributed by atoms with Crippen LogP contribution in [0.25, 0.3) is 0 Å². The number of amides is 1. The Hall–Kier alpha value is -2.60. The highest BCUT2D eigenvalue weighted by atomic mass is 32.2. The molecule has 3 rings (SSSR count). The number of nitrogens with zero attached hydrogens (tertiary/aromatic N) is 1. The maximum Gasteiger partial charge on any atom is 0.331 e. The van der Waals surface area contributed by atoms with Gasteiger partial charge in [-0.2, -0.15) is 0 Å². The molecule has 0 unspecified atom stereocenters. The number of hydrogen-bond donors (Lipinski definition) is 0. The Kier molecular flexibility index (Phi) is 4.96. The van der Waals surface area contributed by atoms with E-state index in [2.05, 4.69) is 0 Å². The van der Waals surface area contributed by atoms with E-state index in [0.717, 1.165) is 0 Å². The first-order chi connectivity index (χ1) is 11.6. The maximum atomic E-state index is 12.3. The molecule has 0 aromatic heterocycles. The summed E-state index contributed by atoms with van der Waals surface area (Å²) in [6.45, 7) is -0.0590. The predicted molar refractivity (Wildman–Crippen MR) is 91.0 cm³/mol. The second-order valence-corrected chi connectivity index (χ2v) is 6.22. The van der Waals surface area contributed by atoms with Crippen molar-refractivity contribution in [1.82, 2.24) is 4.90 Å². The maximum absolute atomic E-state index is 12.3. The molecule has 0 saturated carbocycles. The predicted octanol–water partition coefficient (Wildman–Crippen LogP) is 2.36. The van der Waals surface area contributed by atoms with E-state index in [0.29, 0.717) is 28.5 Å². The van der Waals surface area contributed by atoms with Gasteiger partial charge in [0.1, 0.15) is 12.3 Å². The topological polar surface area (TPSA) is 63.7 Å². The van der Waals surface area contributed by atoms with Crippen LogP contribution >= 0.6 is 11.8 Å². The van der Waals surface area contributed by atoms with Crippen molar-refractivity contribution < 1.29 is 19.1 Å². The van der Waals surface area contributed by atoms with E-state index in [1.54, 1.807) is 48.5 Å². The Labute approximate surface area is 143 Å². The van der Waals surface area contributed by atoms with Crippen molar-refractivity contribution in [2.24, 2.45) is 0 Å². The van der Waals surface area contributed by atoms with Crippen molar-refractivity contribution in [3.05, 3.63) is 65.7 Å². The number of rotatable bonds is 5. The van der Waals surface area contributed by atoms with Crippen molar-refractivity contribution in [3.8, 4) is 5.75 Å². The number of ketones is 1. The fourth-order valence-corrected chi connectivity index (χ4v) is 3.19. The van der Waals surface area contributed by atoms with Crippen LogP contribution in [0.15, 0.2) is 54.6 Å². The minimum atomic E-state index is -0.493. The molecule has 1 aliphatic heterocycles. The van der Waals surface area contributed by atoms with E-state index in [4.69, 9.17) is 4.74 Å². The van der Waals surface area contributed by atoms with Crippen LogP contribution in [0.2, 0.25) is 0 Å². The third kappa shape index (κ3) is 3.83. The highest BCUT2D eigenvalue weighted by Gasteiger charge is 2.23. The Morgan fingerprint density at radius 2 is 1.67 bits per heavy atom. The van der Waals surface area contributed by atoms with Crippen LogP contribution in [0, 0.1) is 0 Å². The summed E-state index contributed by atoms with van der Waals surface area (Å²) >= 11 is 1.47. The molecule has 0 radical (unpaired) electrons. The average Bonchev–Trinajstić information content (AvgIpc) is 3.00. The van der Waals surface area contributed by atoms with Gasteiger partial charge in [-0.05, 0) is 24.3 Å². The van der Waals surface area contributed by atoms with Crippen LogP contribution in [0.5, 0.6) is 5.75 Å². The summed E-state index contributed by atoms with van der Waals surface area (Å²) in [6.07, 6.45) is 0. The van der Waals surface area contributed by atoms with Crippen molar-refractivity contribution in [3.63, 3.8) is 0 Å². The van der Waals surface area contributed by atoms with Crippen molar-refractivity contribution in [2.45, 2.75) is 0 Å². The lowest BCUT2D eigenvalue weighted by molar-refractivity contribution is -0.140. The summed E-state index contributed by atoms with van der Waals surface area (Å²) in [5.41, 5.74) is 1.12. The average molecular weight is 341 g/mol. The first kappa shape index (κ1) is 16.3. The van der Waals surface area contributed by atoms with Crippen LogP contribution in [-0.2, 0) is 9.59 Å². The van der Waals surface area contributed by atoms with E-state index in [1.165, 1.54) is 16.7 Å². The molecule has 1 aliphatic rings. The molecule has 5 nitrogen and oxygen atoms in total. The summed E-state index contributed by atoms with van der Waals surface area (Å²) < 4.78 is 5.21. The molecule has 122 valence electrons. The van der Waals surface area contributed by atoms with Gasteiger partial charge in [0.15, 0.2) is 5.78 Å². The Morgan fingerprint density at radius 1 is 1.00 bits per heavy atom. The first-order valence-corrected chi connectivity index (χ1v) is 8.55. The number of carbonyl (C=O) groups is 3. The van der Waals surface area contributed by atoms with E-state index in [-0.39, 0.29) is 18.2 Å². The van der Waals surface area contributed by atoms with Gasteiger partial charge in [0.05, 0.1) is 11.6 Å². The number of esters is 1. The second kappa shape index (κ2) is 7.31. The lowest BCUT2D eigenvalue weighted by Gasteiger charge is -2.13. The van der Waals surface area contributed by atoms with Gasteiger partial charge >= 0.3 is 5.97 Å². The highest BCUT2D eigenvalue weighted by molar-refractivity contribution is 8.00. The normalized spacial score (nSPS) is 13.8. The van der Waals surface area contributed by atoms with Gasteiger partial charge in [-0.1, -0.05) is 30.3 Å². The minimum absolute atomic E-state index is 0.0549. The van der Waals surface area contributed by atoms with Gasteiger partial charge in [0, 0.05) is 11.1 Å². The van der Waals surface area contributed by atoms with Gasteiger partial charge in [-0.25, -0.2) is 4.79 Å². The van der Waals surface area contributed by atoms with Crippen LogP contribution in [0.1, 0.15) is 15.9 Å². The molecule has 0 atom stereocenters. The van der Waals surface area contributed by atoms with Gasteiger partial charge < -0.3 is 9.64 Å².